The molecule has 0 aliphatic heterocycles. The lowest BCUT2D eigenvalue weighted by atomic mass is 9.82. The molecular formula is C13H26N2O4. The number of aliphatic hydroxyl groups is 1. The summed E-state index contributed by atoms with van der Waals surface area (Å²) in [7, 11) is 0. The van der Waals surface area contributed by atoms with Crippen LogP contribution in [0.4, 0.5) is 4.79 Å². The molecule has 6 heteroatoms. The molecule has 0 unspecified atom stereocenters. The zero-order valence-electron chi connectivity index (χ0n) is 12.4. The Morgan fingerprint density at radius 1 is 1.16 bits per heavy atom. The average molecular weight is 274 g/mol. The van der Waals surface area contributed by atoms with E-state index in [9.17, 15) is 9.59 Å². The number of rotatable bonds is 6. The Kier molecular flexibility index (Phi) is 6.29. The third-order valence-electron chi connectivity index (χ3n) is 2.45. The minimum Gasteiger partial charge on any atom is -0.480 e. The molecular weight excluding hydrogens is 248 g/mol. The summed E-state index contributed by atoms with van der Waals surface area (Å²) in [5.74, 6) is -1.15. The van der Waals surface area contributed by atoms with Crippen molar-refractivity contribution in [2.45, 2.75) is 59.0 Å². The Bertz CT molecular complexity index is 321. The van der Waals surface area contributed by atoms with Crippen LogP contribution in [0.1, 0.15) is 47.5 Å². The van der Waals surface area contributed by atoms with E-state index >= 15 is 0 Å². The number of amides is 2. The van der Waals surface area contributed by atoms with Gasteiger partial charge < -0.3 is 20.8 Å². The Hall–Kier alpha value is -1.30. The average Bonchev–Trinajstić information content (AvgIpc) is 2.11. The summed E-state index contributed by atoms with van der Waals surface area (Å²) < 4.78 is 0. The highest BCUT2D eigenvalue weighted by atomic mass is 16.4. The molecule has 1 atom stereocenters. The Labute approximate surface area is 114 Å². The van der Waals surface area contributed by atoms with Gasteiger partial charge in [-0.3, -0.25) is 0 Å². The summed E-state index contributed by atoms with van der Waals surface area (Å²) in [6.45, 7) is 9.70. The molecule has 0 spiro atoms. The van der Waals surface area contributed by atoms with E-state index in [-0.39, 0.29) is 18.4 Å². The van der Waals surface area contributed by atoms with Gasteiger partial charge in [-0.15, -0.1) is 0 Å². The molecule has 0 saturated carbocycles. The van der Waals surface area contributed by atoms with Gasteiger partial charge in [0.2, 0.25) is 0 Å². The van der Waals surface area contributed by atoms with E-state index in [1.165, 1.54) is 0 Å². The van der Waals surface area contributed by atoms with Crippen molar-refractivity contribution >= 4 is 12.0 Å². The zero-order valence-corrected chi connectivity index (χ0v) is 12.4. The van der Waals surface area contributed by atoms with Gasteiger partial charge in [0.05, 0.1) is 0 Å². The van der Waals surface area contributed by atoms with E-state index in [4.69, 9.17) is 10.2 Å². The number of aliphatic hydroxyl groups excluding tert-OH is 1. The molecule has 0 heterocycles. The number of hydrogen-bond donors (Lipinski definition) is 4. The molecule has 2 amide bonds. The fourth-order valence-electron chi connectivity index (χ4n) is 2.26. The third-order valence-corrected chi connectivity index (χ3v) is 2.45. The number of aliphatic carboxylic acids is 1. The van der Waals surface area contributed by atoms with Crippen molar-refractivity contribution in [2.75, 3.05) is 6.61 Å². The Morgan fingerprint density at radius 2 is 1.68 bits per heavy atom. The van der Waals surface area contributed by atoms with Crippen molar-refractivity contribution in [1.82, 2.24) is 10.6 Å². The highest BCUT2D eigenvalue weighted by Crippen LogP contribution is 2.26. The van der Waals surface area contributed by atoms with Crippen LogP contribution in [0.3, 0.4) is 0 Å². The summed E-state index contributed by atoms with van der Waals surface area (Å²) in [4.78, 5) is 22.6. The molecule has 0 aromatic heterocycles. The van der Waals surface area contributed by atoms with Gasteiger partial charge in [0.15, 0.2) is 0 Å². The second-order valence-electron chi connectivity index (χ2n) is 6.62. The standard InChI is InChI=1S/C13H26N2O4/c1-12(2,3)8-13(4,5)15-11(19)14-9(6-7-16)10(17)18/h9,16H,6-8H2,1-5H3,(H,17,18)(H2,14,15,19)/t9-/m1/s1. The van der Waals surface area contributed by atoms with Crippen LogP contribution in [-0.4, -0.2) is 40.4 Å². The minimum atomic E-state index is -1.15. The fraction of sp³-hybridized carbons (Fsp3) is 0.846. The maximum Gasteiger partial charge on any atom is 0.326 e. The zero-order chi connectivity index (χ0) is 15.3. The lowest BCUT2D eigenvalue weighted by Crippen LogP contribution is -2.53. The van der Waals surface area contributed by atoms with Gasteiger partial charge in [-0.25, -0.2) is 9.59 Å². The SMILES string of the molecule is CC(C)(C)CC(C)(C)NC(=O)N[C@H](CCO)C(=O)O. The molecule has 0 radical (unpaired) electrons. The third kappa shape index (κ3) is 8.42. The molecule has 6 nitrogen and oxygen atoms in total. The van der Waals surface area contributed by atoms with Crippen LogP contribution in [0.5, 0.6) is 0 Å². The van der Waals surface area contributed by atoms with Crippen LogP contribution in [0.25, 0.3) is 0 Å². The molecule has 0 fully saturated rings. The maximum absolute atomic E-state index is 11.8. The van der Waals surface area contributed by atoms with E-state index in [0.717, 1.165) is 6.42 Å². The largest absolute Gasteiger partial charge is 0.480 e. The lowest BCUT2D eigenvalue weighted by molar-refractivity contribution is -0.139. The monoisotopic (exact) mass is 274 g/mol. The quantitative estimate of drug-likeness (QED) is 0.587. The highest BCUT2D eigenvalue weighted by Gasteiger charge is 2.28. The van der Waals surface area contributed by atoms with Crippen LogP contribution in [0, 0.1) is 5.41 Å². The minimum absolute atomic E-state index is 0.0115. The number of urea groups is 1. The molecule has 0 aromatic carbocycles. The van der Waals surface area contributed by atoms with Gasteiger partial charge in [0.1, 0.15) is 6.04 Å². The summed E-state index contributed by atoms with van der Waals surface area (Å²) >= 11 is 0. The highest BCUT2D eigenvalue weighted by molar-refractivity contribution is 5.82. The molecule has 19 heavy (non-hydrogen) atoms. The summed E-state index contributed by atoms with van der Waals surface area (Å²) in [6, 6.07) is -1.61. The fourth-order valence-corrected chi connectivity index (χ4v) is 2.26. The molecule has 0 aliphatic rings. The van der Waals surface area contributed by atoms with Crippen LogP contribution in [0.15, 0.2) is 0 Å². The van der Waals surface area contributed by atoms with Crippen LogP contribution >= 0.6 is 0 Å². The van der Waals surface area contributed by atoms with Crippen molar-refractivity contribution in [2.24, 2.45) is 5.41 Å². The van der Waals surface area contributed by atoms with E-state index in [2.05, 4.69) is 31.4 Å². The van der Waals surface area contributed by atoms with E-state index in [1.807, 2.05) is 13.8 Å². The molecule has 112 valence electrons. The number of carboxylic acid groups (broad SMARTS) is 1. The molecule has 4 N–H and O–H groups in total. The van der Waals surface area contributed by atoms with Gasteiger partial charge in [0, 0.05) is 18.6 Å². The van der Waals surface area contributed by atoms with E-state index < -0.39 is 23.6 Å². The summed E-state index contributed by atoms with van der Waals surface area (Å²) in [5, 5.41) is 22.7. The van der Waals surface area contributed by atoms with Gasteiger partial charge in [-0.1, -0.05) is 20.8 Å². The van der Waals surface area contributed by atoms with E-state index in [1.54, 1.807) is 0 Å². The van der Waals surface area contributed by atoms with Crippen LogP contribution in [0.2, 0.25) is 0 Å². The van der Waals surface area contributed by atoms with Gasteiger partial charge in [-0.2, -0.15) is 0 Å². The summed E-state index contributed by atoms with van der Waals surface area (Å²) in [6.07, 6.45) is 0.744. The van der Waals surface area contributed by atoms with Gasteiger partial charge in [-0.05, 0) is 25.7 Å². The number of carbonyl (C=O) groups is 2. The first kappa shape index (κ1) is 17.7. The first-order valence-corrected chi connectivity index (χ1v) is 6.39. The van der Waals surface area contributed by atoms with Gasteiger partial charge in [0.25, 0.3) is 0 Å². The van der Waals surface area contributed by atoms with Crippen LogP contribution < -0.4 is 10.6 Å². The second kappa shape index (κ2) is 6.75. The molecule has 0 aromatic rings. The van der Waals surface area contributed by atoms with Crippen molar-refractivity contribution in [1.29, 1.82) is 0 Å². The van der Waals surface area contributed by atoms with E-state index in [0.29, 0.717) is 0 Å². The number of nitrogens with one attached hydrogen (secondary N) is 2. The topological polar surface area (TPSA) is 98.7 Å². The number of carboxylic acids is 1. The van der Waals surface area contributed by atoms with Crippen LogP contribution in [-0.2, 0) is 4.79 Å². The lowest BCUT2D eigenvalue weighted by Gasteiger charge is -2.33. The van der Waals surface area contributed by atoms with Crippen molar-refractivity contribution in [3.8, 4) is 0 Å². The van der Waals surface area contributed by atoms with Crippen molar-refractivity contribution in [3.05, 3.63) is 0 Å². The Balaban J connectivity index is 4.47. The predicted molar refractivity (Wildman–Crippen MR) is 72.9 cm³/mol. The maximum atomic E-state index is 11.8. The van der Waals surface area contributed by atoms with Gasteiger partial charge >= 0.3 is 12.0 Å². The number of hydrogen-bond acceptors (Lipinski definition) is 3. The van der Waals surface area contributed by atoms with Crippen molar-refractivity contribution < 1.29 is 19.8 Å². The smallest absolute Gasteiger partial charge is 0.326 e. The molecule has 0 rings (SSSR count). The molecule has 0 saturated heterocycles. The first-order chi connectivity index (χ1) is 8.47. The van der Waals surface area contributed by atoms with Crippen molar-refractivity contribution in [3.63, 3.8) is 0 Å². The number of carbonyl (C=O) groups excluding carboxylic acids is 1. The predicted octanol–water partition coefficient (Wildman–Crippen LogP) is 1.34. The normalized spacial score (nSPS) is 13.8. The summed E-state index contributed by atoms with van der Waals surface area (Å²) in [5.41, 5.74) is -0.390. The first-order valence-electron chi connectivity index (χ1n) is 6.39. The molecule has 0 bridgehead atoms. The molecule has 0 aliphatic carbocycles. The Morgan fingerprint density at radius 3 is 2.05 bits per heavy atom. The second-order valence-corrected chi connectivity index (χ2v) is 6.62.